The van der Waals surface area contributed by atoms with Crippen molar-refractivity contribution in [1.82, 2.24) is 0 Å². The predicted octanol–water partition coefficient (Wildman–Crippen LogP) is 4.85. The van der Waals surface area contributed by atoms with Crippen LogP contribution in [0.1, 0.15) is 59.3 Å². The van der Waals surface area contributed by atoms with Crippen LogP contribution in [0.2, 0.25) is 6.04 Å². The van der Waals surface area contributed by atoms with Crippen LogP contribution in [0.5, 0.6) is 0 Å². The maximum atomic E-state index is 6.22. The zero-order valence-electron chi connectivity index (χ0n) is 14.7. The van der Waals surface area contributed by atoms with Gasteiger partial charge in [-0.15, -0.1) is 0 Å². The number of thiol groups is 2. The van der Waals surface area contributed by atoms with Crippen LogP contribution in [-0.2, 0) is 13.3 Å². The van der Waals surface area contributed by atoms with Gasteiger partial charge in [0.1, 0.15) is 0 Å². The molecule has 134 valence electrons. The van der Waals surface area contributed by atoms with Gasteiger partial charge >= 0.3 is 8.80 Å². The van der Waals surface area contributed by atoms with E-state index < -0.39 is 8.80 Å². The van der Waals surface area contributed by atoms with E-state index in [1.807, 2.05) is 0 Å². The van der Waals surface area contributed by atoms with E-state index in [-0.39, 0.29) is 0 Å². The van der Waals surface area contributed by atoms with Gasteiger partial charge in [-0.2, -0.15) is 25.3 Å². The second-order valence-corrected chi connectivity index (χ2v) is 9.09. The lowest BCUT2D eigenvalue weighted by molar-refractivity contribution is 0.0538. The van der Waals surface area contributed by atoms with Crippen LogP contribution >= 0.6 is 25.3 Å². The number of unbranched alkanes of at least 4 members (excludes halogenated alkanes) is 3. The first-order chi connectivity index (χ1) is 10.7. The number of rotatable bonds is 16. The van der Waals surface area contributed by atoms with Crippen molar-refractivity contribution in [3.63, 3.8) is 0 Å². The summed E-state index contributed by atoms with van der Waals surface area (Å²) in [5.74, 6) is 1.97. The Morgan fingerprint density at radius 3 is 1.36 bits per heavy atom. The minimum Gasteiger partial charge on any atom is -0.373 e. The SMILES string of the molecule is CCCCO[Si](CC(CS)CS)(OCCCC)OCCCC. The van der Waals surface area contributed by atoms with Gasteiger partial charge in [0.15, 0.2) is 0 Å². The van der Waals surface area contributed by atoms with Gasteiger partial charge in [0.2, 0.25) is 0 Å². The Bertz CT molecular complexity index is 215. The van der Waals surface area contributed by atoms with Crippen LogP contribution in [0.4, 0.5) is 0 Å². The summed E-state index contributed by atoms with van der Waals surface area (Å²) in [6, 6.07) is 0.830. The van der Waals surface area contributed by atoms with E-state index in [9.17, 15) is 0 Å². The second-order valence-electron chi connectivity index (χ2n) is 5.72. The summed E-state index contributed by atoms with van der Waals surface area (Å²) in [6.07, 6.45) is 6.52. The zero-order valence-corrected chi connectivity index (χ0v) is 17.5. The summed E-state index contributed by atoms with van der Waals surface area (Å²) >= 11 is 8.89. The Morgan fingerprint density at radius 1 is 0.727 bits per heavy atom. The average molecular weight is 369 g/mol. The molecule has 0 aromatic rings. The smallest absolute Gasteiger partial charge is 0.373 e. The molecule has 0 aliphatic heterocycles. The Hall–Kier alpha value is 0.797. The first-order valence-corrected chi connectivity index (χ1v) is 12.0. The summed E-state index contributed by atoms with van der Waals surface area (Å²) < 4.78 is 18.7. The van der Waals surface area contributed by atoms with E-state index in [4.69, 9.17) is 13.3 Å². The van der Waals surface area contributed by atoms with Crippen LogP contribution in [-0.4, -0.2) is 40.1 Å². The summed E-state index contributed by atoms with van der Waals surface area (Å²) in [4.78, 5) is 0. The van der Waals surface area contributed by atoms with Gasteiger partial charge in [-0.25, -0.2) is 0 Å². The third-order valence-corrected chi connectivity index (χ3v) is 7.56. The lowest BCUT2D eigenvalue weighted by atomic mass is 10.3. The zero-order chi connectivity index (χ0) is 16.7. The summed E-state index contributed by atoms with van der Waals surface area (Å²) in [6.45, 7) is 8.71. The quantitative estimate of drug-likeness (QED) is 0.232. The van der Waals surface area contributed by atoms with Crippen LogP contribution < -0.4 is 0 Å². The second kappa shape index (κ2) is 15.3. The summed E-state index contributed by atoms with van der Waals surface area (Å²) in [7, 11) is -2.61. The van der Waals surface area contributed by atoms with Crippen LogP contribution in [0.25, 0.3) is 0 Å². The molecule has 0 aromatic carbocycles. The van der Waals surface area contributed by atoms with Gasteiger partial charge < -0.3 is 13.3 Å². The topological polar surface area (TPSA) is 27.7 Å². The molecule has 6 heteroatoms. The highest BCUT2D eigenvalue weighted by Crippen LogP contribution is 2.25. The highest BCUT2D eigenvalue weighted by atomic mass is 32.1. The van der Waals surface area contributed by atoms with Crippen LogP contribution in [0.15, 0.2) is 0 Å². The molecule has 0 aliphatic carbocycles. The van der Waals surface area contributed by atoms with Crippen molar-refractivity contribution < 1.29 is 13.3 Å². The third kappa shape index (κ3) is 10.5. The molecule has 0 saturated carbocycles. The molecule has 0 aromatic heterocycles. The van der Waals surface area contributed by atoms with Gasteiger partial charge in [-0.3, -0.25) is 0 Å². The van der Waals surface area contributed by atoms with Gasteiger partial charge in [-0.05, 0) is 36.7 Å². The first kappa shape index (κ1) is 22.8. The van der Waals surface area contributed by atoms with E-state index in [0.717, 1.165) is 75.9 Å². The minimum atomic E-state index is -2.61. The predicted molar refractivity (Wildman–Crippen MR) is 104 cm³/mol. The Morgan fingerprint density at radius 2 is 1.09 bits per heavy atom. The molecule has 0 heterocycles. The standard InChI is InChI=1S/C16H36O3S2Si/c1-4-7-10-17-22(18-11-8-5-2,19-12-9-6-3)15-16(13-20)14-21/h16,20-21H,4-15H2,1-3H3. The van der Waals surface area contributed by atoms with Crippen molar-refractivity contribution in [3.05, 3.63) is 0 Å². The van der Waals surface area contributed by atoms with Crippen LogP contribution in [0, 0.1) is 5.92 Å². The van der Waals surface area contributed by atoms with Crippen molar-refractivity contribution in [2.75, 3.05) is 31.3 Å². The summed E-state index contributed by atoms with van der Waals surface area (Å²) in [5, 5.41) is 0. The maximum Gasteiger partial charge on any atom is 0.501 e. The highest BCUT2D eigenvalue weighted by molar-refractivity contribution is 7.81. The fourth-order valence-corrected chi connectivity index (χ4v) is 6.13. The molecule has 0 radical (unpaired) electrons. The molecular formula is C16H36O3S2Si. The largest absolute Gasteiger partial charge is 0.501 e. The third-order valence-electron chi connectivity index (χ3n) is 3.51. The van der Waals surface area contributed by atoms with Gasteiger partial charge in [-0.1, -0.05) is 40.0 Å². The minimum absolute atomic E-state index is 0.378. The van der Waals surface area contributed by atoms with Crippen molar-refractivity contribution in [2.24, 2.45) is 5.92 Å². The molecule has 0 spiro atoms. The van der Waals surface area contributed by atoms with Gasteiger partial charge in [0.05, 0.1) is 0 Å². The molecule has 3 nitrogen and oxygen atoms in total. The monoisotopic (exact) mass is 368 g/mol. The van der Waals surface area contributed by atoms with E-state index in [1.165, 1.54) is 0 Å². The fourth-order valence-electron chi connectivity index (χ4n) is 1.96. The first-order valence-electron chi connectivity index (χ1n) is 8.81. The molecule has 0 bridgehead atoms. The molecule has 0 rings (SSSR count). The van der Waals surface area contributed by atoms with E-state index in [2.05, 4.69) is 46.0 Å². The fraction of sp³-hybridized carbons (Fsp3) is 1.00. The number of hydrogen-bond acceptors (Lipinski definition) is 5. The van der Waals surface area contributed by atoms with E-state index in [1.54, 1.807) is 0 Å². The lowest BCUT2D eigenvalue weighted by Gasteiger charge is -2.32. The van der Waals surface area contributed by atoms with Crippen molar-refractivity contribution in [3.8, 4) is 0 Å². The van der Waals surface area contributed by atoms with Crippen molar-refractivity contribution in [1.29, 1.82) is 0 Å². The lowest BCUT2D eigenvalue weighted by Crippen LogP contribution is -2.48. The average Bonchev–Trinajstić information content (AvgIpc) is 2.53. The Balaban J connectivity index is 4.82. The molecule has 0 aliphatic rings. The molecule has 0 saturated heterocycles. The van der Waals surface area contributed by atoms with Crippen molar-refractivity contribution >= 4 is 34.1 Å². The van der Waals surface area contributed by atoms with E-state index in [0.29, 0.717) is 5.92 Å². The van der Waals surface area contributed by atoms with E-state index >= 15 is 0 Å². The van der Waals surface area contributed by atoms with Gasteiger partial charge in [0, 0.05) is 25.9 Å². The molecule has 22 heavy (non-hydrogen) atoms. The maximum absolute atomic E-state index is 6.22. The molecule has 0 amide bonds. The van der Waals surface area contributed by atoms with Crippen molar-refractivity contribution in [2.45, 2.75) is 65.3 Å². The molecule has 0 unspecified atom stereocenters. The molecule has 0 fully saturated rings. The molecule has 0 atom stereocenters. The Kier molecular flexibility index (Phi) is 15.9. The number of hydrogen-bond donors (Lipinski definition) is 2. The van der Waals surface area contributed by atoms with Gasteiger partial charge in [0.25, 0.3) is 0 Å². The highest BCUT2D eigenvalue weighted by Gasteiger charge is 2.42. The van der Waals surface area contributed by atoms with Crippen LogP contribution in [0.3, 0.4) is 0 Å². The molecule has 0 N–H and O–H groups in total. The normalized spacial score (nSPS) is 12.3. The Labute approximate surface area is 150 Å². The summed E-state index contributed by atoms with van der Waals surface area (Å²) in [5.41, 5.74) is 0. The molecular weight excluding hydrogens is 332 g/mol.